The Morgan fingerprint density at radius 2 is 1.86 bits per heavy atom. The van der Waals surface area contributed by atoms with Crippen LogP contribution in [0.5, 0.6) is 5.75 Å². The number of phenolic OH excluding ortho intramolecular Hbond substituents is 1. The number of phenols is 1. The number of aromatic hydroxyl groups is 1. The molecule has 0 fully saturated rings. The zero-order chi connectivity index (χ0) is 16.3. The van der Waals surface area contributed by atoms with Crippen molar-refractivity contribution >= 4 is 27.5 Å². The van der Waals surface area contributed by atoms with E-state index < -0.39 is 21.7 Å². The summed E-state index contributed by atoms with van der Waals surface area (Å²) < 4.78 is 36.9. The Balaban J connectivity index is 2.14. The lowest BCUT2D eigenvalue weighted by Gasteiger charge is -2.09. The molecule has 0 heterocycles. The fourth-order valence-corrected chi connectivity index (χ4v) is 2.66. The van der Waals surface area contributed by atoms with Gasteiger partial charge in [-0.15, -0.1) is 4.83 Å². The van der Waals surface area contributed by atoms with E-state index in [9.17, 15) is 22.7 Å². The largest absolute Gasteiger partial charge is 0.507 e. The van der Waals surface area contributed by atoms with Gasteiger partial charge in [-0.2, -0.15) is 0 Å². The first-order valence-electron chi connectivity index (χ1n) is 5.86. The normalized spacial score (nSPS) is 11.2. The highest BCUT2D eigenvalue weighted by Crippen LogP contribution is 2.19. The van der Waals surface area contributed by atoms with Gasteiger partial charge in [-0.1, -0.05) is 23.7 Å². The smallest absolute Gasteiger partial charge is 0.269 e. The Morgan fingerprint density at radius 1 is 1.18 bits per heavy atom. The number of nitrogens with one attached hydrogen (secondary N) is 2. The maximum Gasteiger partial charge on any atom is 0.269 e. The molecule has 22 heavy (non-hydrogen) atoms. The van der Waals surface area contributed by atoms with Crippen LogP contribution in [0.25, 0.3) is 0 Å². The number of carbonyl (C=O) groups is 1. The zero-order valence-corrected chi connectivity index (χ0v) is 12.5. The topological polar surface area (TPSA) is 95.5 Å². The van der Waals surface area contributed by atoms with Gasteiger partial charge in [-0.05, 0) is 30.3 Å². The highest BCUT2D eigenvalue weighted by Gasteiger charge is 2.18. The molecule has 0 aliphatic heterocycles. The first-order valence-corrected chi connectivity index (χ1v) is 7.72. The summed E-state index contributed by atoms with van der Waals surface area (Å²) in [6.45, 7) is 0. The lowest BCUT2D eigenvalue weighted by molar-refractivity contribution is 0.0942. The van der Waals surface area contributed by atoms with Gasteiger partial charge >= 0.3 is 0 Å². The summed E-state index contributed by atoms with van der Waals surface area (Å²) in [5, 5.41) is 9.13. The van der Waals surface area contributed by atoms with Gasteiger partial charge < -0.3 is 5.11 Å². The van der Waals surface area contributed by atoms with Crippen LogP contribution < -0.4 is 10.3 Å². The van der Waals surface area contributed by atoms with E-state index in [1.165, 1.54) is 24.3 Å². The predicted octanol–water partition coefficient (Wildman–Crippen LogP) is 1.81. The van der Waals surface area contributed by atoms with E-state index in [0.717, 1.165) is 18.2 Å². The van der Waals surface area contributed by atoms with Gasteiger partial charge in [0, 0.05) is 0 Å². The number of rotatable bonds is 4. The molecule has 1 amide bonds. The molecular formula is C13H10ClFN2O4S. The first-order chi connectivity index (χ1) is 10.3. The molecule has 0 bridgehead atoms. The van der Waals surface area contributed by atoms with Gasteiger partial charge in [-0.25, -0.2) is 12.8 Å². The lowest BCUT2D eigenvalue weighted by atomic mass is 10.2. The number of hydrazine groups is 1. The summed E-state index contributed by atoms with van der Waals surface area (Å²) in [6.07, 6.45) is 0. The summed E-state index contributed by atoms with van der Waals surface area (Å²) >= 11 is 5.51. The van der Waals surface area contributed by atoms with Crippen LogP contribution >= 0.6 is 11.6 Å². The third-order valence-electron chi connectivity index (χ3n) is 2.65. The van der Waals surface area contributed by atoms with Gasteiger partial charge in [0.15, 0.2) is 0 Å². The van der Waals surface area contributed by atoms with Crippen LogP contribution in [0.4, 0.5) is 4.39 Å². The molecule has 0 aliphatic rings. The maximum absolute atomic E-state index is 13.0. The third kappa shape index (κ3) is 3.53. The number of halogens is 2. The van der Waals surface area contributed by atoms with Crippen molar-refractivity contribution < 1.29 is 22.7 Å². The van der Waals surface area contributed by atoms with Crippen LogP contribution in [0.1, 0.15) is 10.4 Å². The number of benzene rings is 2. The van der Waals surface area contributed by atoms with Crippen molar-refractivity contribution in [1.29, 1.82) is 0 Å². The second-order valence-corrected chi connectivity index (χ2v) is 6.24. The molecule has 2 aromatic carbocycles. The molecule has 6 nitrogen and oxygen atoms in total. The molecule has 116 valence electrons. The number of amides is 1. The molecule has 0 radical (unpaired) electrons. The second-order valence-electron chi connectivity index (χ2n) is 4.15. The first kappa shape index (κ1) is 16.2. The van der Waals surface area contributed by atoms with Gasteiger partial charge in [0.05, 0.1) is 15.5 Å². The molecule has 3 N–H and O–H groups in total. The second kappa shape index (κ2) is 6.30. The molecule has 2 aromatic rings. The van der Waals surface area contributed by atoms with Crippen molar-refractivity contribution in [1.82, 2.24) is 10.3 Å². The van der Waals surface area contributed by atoms with Crippen molar-refractivity contribution in [3.05, 3.63) is 58.9 Å². The summed E-state index contributed by atoms with van der Waals surface area (Å²) in [6, 6.07) is 8.40. The van der Waals surface area contributed by atoms with Gasteiger partial charge in [0.1, 0.15) is 11.6 Å². The van der Waals surface area contributed by atoms with Crippen molar-refractivity contribution in [2.75, 3.05) is 0 Å². The van der Waals surface area contributed by atoms with E-state index in [2.05, 4.69) is 0 Å². The van der Waals surface area contributed by atoms with Crippen molar-refractivity contribution in [2.45, 2.75) is 4.90 Å². The van der Waals surface area contributed by atoms with Gasteiger partial charge in [0.2, 0.25) is 0 Å². The van der Waals surface area contributed by atoms with Crippen LogP contribution in [0, 0.1) is 5.82 Å². The van der Waals surface area contributed by atoms with Crippen LogP contribution in [0.3, 0.4) is 0 Å². The van der Waals surface area contributed by atoms with E-state index >= 15 is 0 Å². The Morgan fingerprint density at radius 3 is 2.50 bits per heavy atom. The molecule has 0 saturated heterocycles. The third-order valence-corrected chi connectivity index (χ3v) is 4.18. The van der Waals surface area contributed by atoms with Crippen LogP contribution in [-0.2, 0) is 10.0 Å². The molecule has 0 aromatic heterocycles. The Hall–Kier alpha value is -2.16. The average Bonchev–Trinajstić information content (AvgIpc) is 2.48. The Kier molecular flexibility index (Phi) is 4.65. The standard InChI is InChI=1S/C13H10ClFN2O4S/c14-10-7-8(5-6-11(10)15)22(20,21)17-16-13(19)9-3-1-2-4-12(9)18/h1-7,17-18H,(H,16,19). The van der Waals surface area contributed by atoms with Crippen LogP contribution in [0.2, 0.25) is 5.02 Å². The van der Waals surface area contributed by atoms with Crippen molar-refractivity contribution in [2.24, 2.45) is 0 Å². The molecule has 2 rings (SSSR count). The molecule has 0 spiro atoms. The summed E-state index contributed by atoms with van der Waals surface area (Å²) in [5.41, 5.74) is 1.83. The molecule has 0 atom stereocenters. The number of hydrogen-bond acceptors (Lipinski definition) is 4. The number of hydrogen-bond donors (Lipinski definition) is 3. The Labute approximate surface area is 130 Å². The molecule has 9 heteroatoms. The van der Waals surface area contributed by atoms with Gasteiger partial charge in [-0.3, -0.25) is 10.2 Å². The summed E-state index contributed by atoms with van der Waals surface area (Å²) in [4.78, 5) is 13.3. The fourth-order valence-electron chi connectivity index (χ4n) is 1.55. The molecular weight excluding hydrogens is 335 g/mol. The molecule has 0 unspecified atom stereocenters. The summed E-state index contributed by atoms with van der Waals surface area (Å²) in [5.74, 6) is -1.92. The molecule has 0 aliphatic carbocycles. The average molecular weight is 345 g/mol. The monoisotopic (exact) mass is 344 g/mol. The quantitative estimate of drug-likeness (QED) is 0.737. The zero-order valence-electron chi connectivity index (χ0n) is 10.9. The van der Waals surface area contributed by atoms with E-state index in [0.29, 0.717) is 0 Å². The molecule has 0 saturated carbocycles. The van der Waals surface area contributed by atoms with Crippen molar-refractivity contribution in [3.63, 3.8) is 0 Å². The highest BCUT2D eigenvalue weighted by atomic mass is 35.5. The van der Waals surface area contributed by atoms with E-state index in [4.69, 9.17) is 11.6 Å². The minimum Gasteiger partial charge on any atom is -0.507 e. The van der Waals surface area contributed by atoms with E-state index in [1.54, 1.807) is 0 Å². The van der Waals surface area contributed by atoms with Gasteiger partial charge in [0.25, 0.3) is 15.9 Å². The maximum atomic E-state index is 13.0. The van der Waals surface area contributed by atoms with Crippen LogP contribution in [-0.4, -0.2) is 19.4 Å². The highest BCUT2D eigenvalue weighted by molar-refractivity contribution is 7.89. The number of sulfonamides is 1. The number of para-hydroxylation sites is 1. The minimum absolute atomic E-state index is 0.109. The predicted molar refractivity (Wildman–Crippen MR) is 77.3 cm³/mol. The lowest BCUT2D eigenvalue weighted by Crippen LogP contribution is -2.41. The Bertz CT molecular complexity index is 827. The van der Waals surface area contributed by atoms with Crippen LogP contribution in [0.15, 0.2) is 47.4 Å². The van der Waals surface area contributed by atoms with E-state index in [-0.39, 0.29) is 21.2 Å². The SMILES string of the molecule is O=C(NNS(=O)(=O)c1ccc(F)c(Cl)c1)c1ccccc1O. The van der Waals surface area contributed by atoms with Crippen molar-refractivity contribution in [3.8, 4) is 5.75 Å². The fraction of sp³-hybridized carbons (Fsp3) is 0. The summed E-state index contributed by atoms with van der Waals surface area (Å²) in [7, 11) is -4.13. The van der Waals surface area contributed by atoms with E-state index in [1.807, 2.05) is 10.3 Å². The number of carbonyl (C=O) groups excluding carboxylic acids is 1. The minimum atomic E-state index is -4.13.